The van der Waals surface area contributed by atoms with Crippen molar-refractivity contribution in [2.45, 2.75) is 23.6 Å². The average Bonchev–Trinajstić information content (AvgIpc) is 3.08. The Hall–Kier alpha value is -3.04. The fourth-order valence-corrected chi connectivity index (χ4v) is 3.74. The summed E-state index contributed by atoms with van der Waals surface area (Å²) in [6, 6.07) is 13.2. The maximum absolute atomic E-state index is 12.7. The highest BCUT2D eigenvalue weighted by atomic mass is 35.5. The van der Waals surface area contributed by atoms with Crippen molar-refractivity contribution in [3.8, 4) is 5.69 Å². The number of carboxylic acids is 1. The van der Waals surface area contributed by atoms with Gasteiger partial charge in [0, 0.05) is 17.8 Å². The van der Waals surface area contributed by atoms with E-state index in [0.29, 0.717) is 17.8 Å². The van der Waals surface area contributed by atoms with E-state index in [4.69, 9.17) is 21.2 Å². The smallest absolute Gasteiger partial charge is 0.442 e. The van der Waals surface area contributed by atoms with Gasteiger partial charge in [0.2, 0.25) is 11.6 Å². The standard InChI is InChI=1S/C19H16ClN3O5S/c1-2-15(16(24)21-11-8-9-14(20)13(10-11)18(25)26)29-17-19(27)28-22-23(17)12-6-4-3-5-7-12/h3-10,15H,2H2,1H3,(H2-,21,22,24,25,26,27)/p+1. The number of amides is 1. The van der Waals surface area contributed by atoms with Crippen molar-refractivity contribution in [2.75, 3.05) is 5.32 Å². The molecule has 0 aliphatic rings. The summed E-state index contributed by atoms with van der Waals surface area (Å²) in [6.45, 7) is 1.81. The van der Waals surface area contributed by atoms with Crippen LogP contribution in [0.1, 0.15) is 23.7 Å². The Kier molecular flexibility index (Phi) is 6.40. The molecule has 3 aromatic rings. The fourth-order valence-electron chi connectivity index (χ4n) is 2.56. The predicted octanol–water partition coefficient (Wildman–Crippen LogP) is 3.11. The highest BCUT2D eigenvalue weighted by Gasteiger charge is 2.30. The Bertz CT molecular complexity index is 1100. The number of aromatic amines is 1. The molecule has 2 aromatic carbocycles. The Labute approximate surface area is 174 Å². The van der Waals surface area contributed by atoms with Crippen LogP contribution in [0.25, 0.3) is 5.69 Å². The number of benzene rings is 2. The van der Waals surface area contributed by atoms with Gasteiger partial charge in [0.25, 0.3) is 0 Å². The highest BCUT2D eigenvalue weighted by Crippen LogP contribution is 2.24. The van der Waals surface area contributed by atoms with Crippen LogP contribution < -0.4 is 15.6 Å². The molecule has 0 spiro atoms. The molecule has 0 saturated carbocycles. The van der Waals surface area contributed by atoms with Gasteiger partial charge in [-0.3, -0.25) is 9.32 Å². The van der Waals surface area contributed by atoms with Crippen molar-refractivity contribution in [1.82, 2.24) is 5.27 Å². The minimum Gasteiger partial charge on any atom is -0.478 e. The Balaban J connectivity index is 1.82. The summed E-state index contributed by atoms with van der Waals surface area (Å²) in [5, 5.41) is 14.1. The van der Waals surface area contributed by atoms with Crippen molar-refractivity contribution in [3.05, 3.63) is 69.5 Å². The first-order chi connectivity index (χ1) is 13.9. The van der Waals surface area contributed by atoms with Crippen LogP contribution in [0.5, 0.6) is 0 Å². The number of carbonyl (C=O) groups is 2. The number of nitrogens with one attached hydrogen (secondary N) is 2. The second-order valence-corrected chi connectivity index (χ2v) is 7.56. The predicted molar refractivity (Wildman–Crippen MR) is 108 cm³/mol. The first-order valence-electron chi connectivity index (χ1n) is 8.60. The maximum atomic E-state index is 12.7. The number of hydrogen-bond donors (Lipinski definition) is 3. The van der Waals surface area contributed by atoms with Gasteiger partial charge in [-0.05, 0) is 46.3 Å². The van der Waals surface area contributed by atoms with E-state index in [0.717, 1.165) is 11.8 Å². The largest absolute Gasteiger partial charge is 0.478 e. The number of halogens is 1. The maximum Gasteiger partial charge on any atom is 0.442 e. The summed E-state index contributed by atoms with van der Waals surface area (Å²) in [6.07, 6.45) is 0.426. The molecular weight excluding hydrogens is 418 g/mol. The van der Waals surface area contributed by atoms with Crippen LogP contribution in [0.4, 0.5) is 5.69 Å². The van der Waals surface area contributed by atoms with E-state index in [1.165, 1.54) is 22.9 Å². The molecule has 0 radical (unpaired) electrons. The SMILES string of the molecule is CCC(Sc1c(=O)o[nH][n+]1-c1ccccc1)C(=O)Nc1ccc(Cl)c(C(=O)O)c1. The molecule has 8 nitrogen and oxygen atoms in total. The lowest BCUT2D eigenvalue weighted by molar-refractivity contribution is -0.704. The van der Waals surface area contributed by atoms with Crippen LogP contribution in [-0.4, -0.2) is 27.5 Å². The monoisotopic (exact) mass is 434 g/mol. The number of carbonyl (C=O) groups excluding carboxylic acids is 1. The van der Waals surface area contributed by atoms with E-state index >= 15 is 0 Å². The number of H-pyrrole nitrogens is 1. The lowest BCUT2D eigenvalue weighted by Crippen LogP contribution is -2.37. The lowest BCUT2D eigenvalue weighted by atomic mass is 10.2. The van der Waals surface area contributed by atoms with Crippen LogP contribution in [0.15, 0.2) is 62.9 Å². The third-order valence-electron chi connectivity index (χ3n) is 4.00. The van der Waals surface area contributed by atoms with Crippen molar-refractivity contribution >= 4 is 40.9 Å². The molecule has 29 heavy (non-hydrogen) atoms. The second kappa shape index (κ2) is 8.97. The molecule has 0 fully saturated rings. The summed E-state index contributed by atoms with van der Waals surface area (Å²) in [4.78, 5) is 36.1. The van der Waals surface area contributed by atoms with E-state index in [9.17, 15) is 14.4 Å². The van der Waals surface area contributed by atoms with E-state index in [1.54, 1.807) is 12.1 Å². The summed E-state index contributed by atoms with van der Waals surface area (Å²) >= 11 is 6.91. The van der Waals surface area contributed by atoms with Gasteiger partial charge in [0.15, 0.2) is 0 Å². The molecule has 3 rings (SSSR count). The van der Waals surface area contributed by atoms with Gasteiger partial charge in [-0.2, -0.15) is 0 Å². The summed E-state index contributed by atoms with van der Waals surface area (Å²) in [7, 11) is 0. The number of hydrogen-bond acceptors (Lipinski definition) is 5. The molecule has 1 unspecified atom stereocenters. The van der Waals surface area contributed by atoms with Gasteiger partial charge in [-0.15, -0.1) is 0 Å². The summed E-state index contributed by atoms with van der Waals surface area (Å²) in [5.74, 6) is -1.57. The fraction of sp³-hybridized carbons (Fsp3) is 0.158. The molecule has 3 N–H and O–H groups in total. The van der Waals surface area contributed by atoms with Gasteiger partial charge in [-0.25, -0.2) is 9.59 Å². The molecule has 1 amide bonds. The third kappa shape index (κ3) is 4.69. The number of aromatic nitrogens is 2. The molecule has 10 heteroatoms. The summed E-state index contributed by atoms with van der Waals surface area (Å²) < 4.78 is 6.36. The van der Waals surface area contributed by atoms with Gasteiger partial charge in [-0.1, -0.05) is 36.7 Å². The van der Waals surface area contributed by atoms with Gasteiger partial charge >= 0.3 is 16.6 Å². The Morgan fingerprint density at radius 2 is 2.00 bits per heavy atom. The molecule has 150 valence electrons. The number of carboxylic acid groups (broad SMARTS) is 1. The molecule has 0 saturated heterocycles. The van der Waals surface area contributed by atoms with Crippen molar-refractivity contribution < 1.29 is 23.9 Å². The van der Waals surface area contributed by atoms with E-state index < -0.39 is 16.8 Å². The van der Waals surface area contributed by atoms with Crippen LogP contribution in [-0.2, 0) is 4.79 Å². The average molecular weight is 435 g/mol. The van der Waals surface area contributed by atoms with E-state index in [2.05, 4.69) is 10.6 Å². The number of thioether (sulfide) groups is 1. The molecule has 0 aliphatic heterocycles. The minimum atomic E-state index is -1.19. The highest BCUT2D eigenvalue weighted by molar-refractivity contribution is 8.00. The number of rotatable bonds is 7. The van der Waals surface area contributed by atoms with E-state index in [1.807, 2.05) is 25.1 Å². The Morgan fingerprint density at radius 3 is 2.66 bits per heavy atom. The lowest BCUT2D eigenvalue weighted by Gasteiger charge is -2.13. The van der Waals surface area contributed by atoms with Crippen LogP contribution in [0, 0.1) is 0 Å². The van der Waals surface area contributed by atoms with Crippen molar-refractivity contribution in [2.24, 2.45) is 0 Å². The molecule has 1 aromatic heterocycles. The van der Waals surface area contributed by atoms with Crippen LogP contribution in [0.3, 0.4) is 0 Å². The topological polar surface area (TPSA) is 116 Å². The Morgan fingerprint density at radius 1 is 1.28 bits per heavy atom. The van der Waals surface area contributed by atoms with Gasteiger partial charge in [0.05, 0.1) is 15.8 Å². The zero-order valence-corrected chi connectivity index (χ0v) is 16.8. The number of para-hydroxylation sites is 1. The molecule has 1 atom stereocenters. The molecule has 1 heterocycles. The summed E-state index contributed by atoms with van der Waals surface area (Å²) in [5.41, 5.74) is 0.274. The minimum absolute atomic E-state index is 0.0748. The molecular formula is C19H17ClN3O5S+. The first-order valence-corrected chi connectivity index (χ1v) is 9.85. The molecule has 0 bridgehead atoms. The zero-order valence-electron chi connectivity index (χ0n) is 15.2. The van der Waals surface area contributed by atoms with Crippen LogP contribution in [0.2, 0.25) is 5.02 Å². The second-order valence-electron chi connectivity index (χ2n) is 5.96. The third-order valence-corrected chi connectivity index (χ3v) is 5.74. The van der Waals surface area contributed by atoms with Gasteiger partial charge < -0.3 is 10.4 Å². The number of anilines is 1. The van der Waals surface area contributed by atoms with Gasteiger partial charge in [0.1, 0.15) is 0 Å². The zero-order chi connectivity index (χ0) is 21.0. The molecule has 0 aliphatic carbocycles. The quantitative estimate of drug-likeness (QED) is 0.388. The normalized spacial score (nSPS) is 11.8. The number of aromatic carboxylic acids is 1. The van der Waals surface area contributed by atoms with Crippen LogP contribution >= 0.6 is 23.4 Å². The number of nitrogens with zero attached hydrogens (tertiary/aromatic N) is 1. The van der Waals surface area contributed by atoms with Crippen molar-refractivity contribution in [3.63, 3.8) is 0 Å². The van der Waals surface area contributed by atoms with Crippen molar-refractivity contribution in [1.29, 1.82) is 0 Å². The van der Waals surface area contributed by atoms with E-state index in [-0.39, 0.29) is 21.5 Å². The first kappa shape index (κ1) is 20.7.